The molecule has 0 aliphatic carbocycles. The molecule has 0 fully saturated rings. The summed E-state index contributed by atoms with van der Waals surface area (Å²) in [5, 5.41) is 0. The lowest BCUT2D eigenvalue weighted by atomic mass is 10.1. The van der Waals surface area contributed by atoms with E-state index in [0.717, 1.165) is 11.1 Å². The lowest BCUT2D eigenvalue weighted by Gasteiger charge is -2.21. The quantitative estimate of drug-likeness (QED) is 0.924. The van der Waals surface area contributed by atoms with Crippen LogP contribution in [0.2, 0.25) is 0 Å². The molecule has 0 amide bonds. The number of hydrogen-bond donors (Lipinski definition) is 1. The molecule has 106 valence electrons. The first kappa shape index (κ1) is 14.5. The number of nitrogens with two attached hydrogens (primary N) is 1. The Bertz CT molecular complexity index is 597. The summed E-state index contributed by atoms with van der Waals surface area (Å²) >= 11 is 0. The zero-order chi connectivity index (χ0) is 14.7. The van der Waals surface area contributed by atoms with Gasteiger partial charge in [0.05, 0.1) is 5.69 Å². The van der Waals surface area contributed by atoms with Gasteiger partial charge in [0.15, 0.2) is 0 Å². The molecule has 1 unspecified atom stereocenters. The van der Waals surface area contributed by atoms with Crippen LogP contribution in [0.4, 0.5) is 14.5 Å². The average Bonchev–Trinajstić information content (AvgIpc) is 2.38. The second-order valence-electron chi connectivity index (χ2n) is 4.99. The van der Waals surface area contributed by atoms with Crippen molar-refractivity contribution in [3.8, 4) is 0 Å². The van der Waals surface area contributed by atoms with Crippen LogP contribution in [0.1, 0.15) is 24.1 Å². The standard InChI is InChI=1S/C16H18F2N2/c1-11(19)13-6-7-16(15(18)9-13)20(2)10-12-4-3-5-14(17)8-12/h3-9,11H,10,19H2,1-2H3. The van der Waals surface area contributed by atoms with Crippen molar-refractivity contribution in [1.82, 2.24) is 0 Å². The summed E-state index contributed by atoms with van der Waals surface area (Å²) < 4.78 is 27.2. The number of anilines is 1. The maximum absolute atomic E-state index is 14.1. The van der Waals surface area contributed by atoms with E-state index in [1.165, 1.54) is 18.2 Å². The van der Waals surface area contributed by atoms with Gasteiger partial charge in [-0.3, -0.25) is 0 Å². The molecule has 0 aromatic heterocycles. The molecule has 0 bridgehead atoms. The minimum absolute atomic E-state index is 0.202. The topological polar surface area (TPSA) is 29.3 Å². The van der Waals surface area contributed by atoms with Crippen LogP contribution < -0.4 is 10.6 Å². The fourth-order valence-corrected chi connectivity index (χ4v) is 2.11. The summed E-state index contributed by atoms with van der Waals surface area (Å²) in [5.74, 6) is -0.609. The molecule has 0 saturated carbocycles. The van der Waals surface area contributed by atoms with E-state index in [-0.39, 0.29) is 17.7 Å². The van der Waals surface area contributed by atoms with E-state index in [4.69, 9.17) is 5.73 Å². The SMILES string of the molecule is CC(N)c1ccc(N(C)Cc2cccc(F)c2)c(F)c1. The zero-order valence-electron chi connectivity index (χ0n) is 11.6. The maximum atomic E-state index is 14.1. The zero-order valence-corrected chi connectivity index (χ0v) is 11.6. The molecule has 2 rings (SSSR count). The van der Waals surface area contributed by atoms with Gasteiger partial charge < -0.3 is 10.6 Å². The average molecular weight is 276 g/mol. The molecule has 0 saturated heterocycles. The molecule has 1 atom stereocenters. The van der Waals surface area contributed by atoms with Crippen LogP contribution in [0, 0.1) is 11.6 Å². The van der Waals surface area contributed by atoms with Gasteiger partial charge in [0.2, 0.25) is 0 Å². The van der Waals surface area contributed by atoms with Gasteiger partial charge in [0.1, 0.15) is 11.6 Å². The molecular weight excluding hydrogens is 258 g/mol. The highest BCUT2D eigenvalue weighted by molar-refractivity contribution is 5.49. The fourth-order valence-electron chi connectivity index (χ4n) is 2.11. The van der Waals surface area contributed by atoms with Gasteiger partial charge >= 0.3 is 0 Å². The highest BCUT2D eigenvalue weighted by Gasteiger charge is 2.10. The molecule has 2 aromatic carbocycles. The van der Waals surface area contributed by atoms with Gasteiger partial charge in [-0.15, -0.1) is 0 Å². The molecule has 0 heterocycles. The van der Waals surface area contributed by atoms with E-state index in [0.29, 0.717) is 12.2 Å². The predicted octanol–water partition coefficient (Wildman–Crippen LogP) is 3.62. The van der Waals surface area contributed by atoms with Crippen molar-refractivity contribution in [3.63, 3.8) is 0 Å². The minimum Gasteiger partial charge on any atom is -0.368 e. The van der Waals surface area contributed by atoms with E-state index in [1.807, 2.05) is 19.1 Å². The number of hydrogen-bond acceptors (Lipinski definition) is 2. The largest absolute Gasteiger partial charge is 0.368 e. The number of nitrogens with zero attached hydrogens (tertiary/aromatic N) is 1. The van der Waals surface area contributed by atoms with Crippen LogP contribution in [0.25, 0.3) is 0 Å². The molecule has 0 aliphatic heterocycles. The Morgan fingerprint density at radius 3 is 2.50 bits per heavy atom. The van der Waals surface area contributed by atoms with Crippen LogP contribution in [-0.4, -0.2) is 7.05 Å². The van der Waals surface area contributed by atoms with Crippen LogP contribution in [0.5, 0.6) is 0 Å². The Morgan fingerprint density at radius 1 is 1.15 bits per heavy atom. The van der Waals surface area contributed by atoms with Crippen molar-refractivity contribution in [2.45, 2.75) is 19.5 Å². The van der Waals surface area contributed by atoms with Crippen molar-refractivity contribution in [2.75, 3.05) is 11.9 Å². The molecule has 0 radical (unpaired) electrons. The van der Waals surface area contributed by atoms with Gasteiger partial charge in [-0.05, 0) is 42.3 Å². The summed E-state index contributed by atoms with van der Waals surface area (Å²) in [7, 11) is 1.77. The second kappa shape index (κ2) is 6.01. The summed E-state index contributed by atoms with van der Waals surface area (Å²) in [5.41, 5.74) is 7.75. The number of rotatable bonds is 4. The monoisotopic (exact) mass is 276 g/mol. The Hall–Kier alpha value is -1.94. The van der Waals surface area contributed by atoms with Gasteiger partial charge in [-0.2, -0.15) is 0 Å². The lowest BCUT2D eigenvalue weighted by Crippen LogP contribution is -2.18. The predicted molar refractivity (Wildman–Crippen MR) is 77.5 cm³/mol. The second-order valence-corrected chi connectivity index (χ2v) is 4.99. The first-order valence-corrected chi connectivity index (χ1v) is 6.48. The van der Waals surface area contributed by atoms with E-state index in [9.17, 15) is 8.78 Å². The molecule has 4 heteroatoms. The Morgan fingerprint density at radius 2 is 1.90 bits per heavy atom. The van der Waals surface area contributed by atoms with Crippen molar-refractivity contribution in [3.05, 3.63) is 65.2 Å². The van der Waals surface area contributed by atoms with E-state index < -0.39 is 0 Å². The first-order valence-electron chi connectivity index (χ1n) is 6.48. The lowest BCUT2D eigenvalue weighted by molar-refractivity contribution is 0.615. The highest BCUT2D eigenvalue weighted by Crippen LogP contribution is 2.23. The van der Waals surface area contributed by atoms with Crippen molar-refractivity contribution in [2.24, 2.45) is 5.73 Å². The minimum atomic E-state index is -0.321. The molecule has 0 aliphatic rings. The van der Waals surface area contributed by atoms with Crippen molar-refractivity contribution >= 4 is 5.69 Å². The third kappa shape index (κ3) is 3.33. The number of benzene rings is 2. The van der Waals surface area contributed by atoms with Crippen LogP contribution in [0.3, 0.4) is 0 Å². The smallest absolute Gasteiger partial charge is 0.146 e. The molecule has 20 heavy (non-hydrogen) atoms. The maximum Gasteiger partial charge on any atom is 0.146 e. The van der Waals surface area contributed by atoms with Gasteiger partial charge in [-0.1, -0.05) is 18.2 Å². The summed E-state index contributed by atoms with van der Waals surface area (Å²) in [4.78, 5) is 1.75. The van der Waals surface area contributed by atoms with E-state index in [2.05, 4.69) is 0 Å². The van der Waals surface area contributed by atoms with Crippen LogP contribution in [0.15, 0.2) is 42.5 Å². The summed E-state index contributed by atoms with van der Waals surface area (Å²) in [6.45, 7) is 2.25. The fraction of sp³-hybridized carbons (Fsp3) is 0.250. The molecule has 2 N–H and O–H groups in total. The van der Waals surface area contributed by atoms with Crippen molar-refractivity contribution < 1.29 is 8.78 Å². The highest BCUT2D eigenvalue weighted by atomic mass is 19.1. The first-order chi connectivity index (χ1) is 9.47. The van der Waals surface area contributed by atoms with Crippen molar-refractivity contribution in [1.29, 1.82) is 0 Å². The Balaban J connectivity index is 2.19. The third-order valence-electron chi connectivity index (χ3n) is 3.22. The molecule has 2 nitrogen and oxygen atoms in total. The Labute approximate surface area is 117 Å². The normalized spacial score (nSPS) is 12.2. The van der Waals surface area contributed by atoms with Gasteiger partial charge in [-0.25, -0.2) is 8.78 Å². The van der Waals surface area contributed by atoms with Crippen LogP contribution in [-0.2, 0) is 6.54 Å². The van der Waals surface area contributed by atoms with Gasteiger partial charge in [0.25, 0.3) is 0 Å². The molecule has 2 aromatic rings. The van der Waals surface area contributed by atoms with E-state index in [1.54, 1.807) is 24.1 Å². The third-order valence-corrected chi connectivity index (χ3v) is 3.22. The molecule has 0 spiro atoms. The Kier molecular flexibility index (Phi) is 4.35. The molecular formula is C16H18F2N2. The summed E-state index contributed by atoms with van der Waals surface area (Å²) in [6, 6.07) is 11.1. The van der Waals surface area contributed by atoms with Gasteiger partial charge in [0, 0.05) is 19.6 Å². The van der Waals surface area contributed by atoms with Crippen LogP contribution >= 0.6 is 0 Å². The van der Waals surface area contributed by atoms with E-state index >= 15 is 0 Å². The summed E-state index contributed by atoms with van der Waals surface area (Å²) in [6.07, 6.45) is 0. The number of halogens is 2.